The predicted octanol–water partition coefficient (Wildman–Crippen LogP) is 2.13. The van der Waals surface area contributed by atoms with Gasteiger partial charge in [-0.15, -0.1) is 0 Å². The van der Waals surface area contributed by atoms with Crippen molar-refractivity contribution < 1.29 is 0 Å². The van der Waals surface area contributed by atoms with Gasteiger partial charge in [-0.1, -0.05) is 12.1 Å². The van der Waals surface area contributed by atoms with Crippen LogP contribution in [0.15, 0.2) is 35.1 Å². The molecule has 1 aliphatic rings. The second-order valence-corrected chi connectivity index (χ2v) is 7.18. The van der Waals surface area contributed by atoms with Crippen molar-refractivity contribution in [2.24, 2.45) is 0 Å². The average Bonchev–Trinajstić information content (AvgIpc) is 2.68. The van der Waals surface area contributed by atoms with Gasteiger partial charge in [0.1, 0.15) is 17.7 Å². The summed E-state index contributed by atoms with van der Waals surface area (Å²) in [4.78, 5) is 28.8. The predicted molar refractivity (Wildman–Crippen MR) is 108 cm³/mol. The maximum Gasteiger partial charge on any atom is 0.258 e. The molecule has 1 fully saturated rings. The minimum atomic E-state index is -0.0997. The number of anilines is 1. The third kappa shape index (κ3) is 3.47. The van der Waals surface area contributed by atoms with Crippen molar-refractivity contribution >= 4 is 16.7 Å². The Morgan fingerprint density at radius 2 is 1.89 bits per heavy atom. The zero-order chi connectivity index (χ0) is 19.7. The Kier molecular flexibility index (Phi) is 4.80. The van der Waals surface area contributed by atoms with Crippen molar-refractivity contribution in [1.82, 2.24) is 19.9 Å². The van der Waals surface area contributed by atoms with Crippen LogP contribution in [0.5, 0.6) is 0 Å². The lowest BCUT2D eigenvalue weighted by Crippen LogP contribution is -2.47. The van der Waals surface area contributed by atoms with Crippen LogP contribution >= 0.6 is 0 Å². The number of hydrogen-bond donors (Lipinski definition) is 1. The number of para-hydroxylation sites is 1. The molecule has 0 amide bonds. The van der Waals surface area contributed by atoms with Crippen LogP contribution in [0.3, 0.4) is 0 Å². The maximum absolute atomic E-state index is 12.3. The van der Waals surface area contributed by atoms with Gasteiger partial charge in [0.2, 0.25) is 0 Å². The Labute approximate surface area is 163 Å². The molecule has 0 unspecified atom stereocenters. The molecule has 0 aliphatic carbocycles. The Morgan fingerprint density at radius 3 is 2.64 bits per heavy atom. The molecule has 0 spiro atoms. The second-order valence-electron chi connectivity index (χ2n) is 7.18. The fourth-order valence-electron chi connectivity index (χ4n) is 3.72. The first-order chi connectivity index (χ1) is 13.5. The van der Waals surface area contributed by atoms with E-state index in [1.807, 2.05) is 38.1 Å². The highest BCUT2D eigenvalue weighted by Crippen LogP contribution is 2.23. The number of nitrogens with one attached hydrogen (secondary N) is 1. The van der Waals surface area contributed by atoms with E-state index < -0.39 is 0 Å². The Bertz CT molecular complexity index is 1120. The van der Waals surface area contributed by atoms with E-state index in [-0.39, 0.29) is 5.56 Å². The fourth-order valence-corrected chi connectivity index (χ4v) is 3.72. The number of pyridine rings is 1. The van der Waals surface area contributed by atoms with Gasteiger partial charge < -0.3 is 9.88 Å². The molecule has 1 saturated heterocycles. The van der Waals surface area contributed by atoms with Crippen molar-refractivity contribution in [1.29, 1.82) is 5.26 Å². The Morgan fingerprint density at radius 1 is 1.14 bits per heavy atom. The molecule has 1 N–H and O–H groups in total. The summed E-state index contributed by atoms with van der Waals surface area (Å²) in [7, 11) is 0. The van der Waals surface area contributed by atoms with Gasteiger partial charge in [-0.3, -0.25) is 9.69 Å². The monoisotopic (exact) mass is 374 g/mol. The number of nitriles is 1. The Hall–Kier alpha value is -3.24. The van der Waals surface area contributed by atoms with E-state index in [0.717, 1.165) is 48.8 Å². The van der Waals surface area contributed by atoms with Crippen molar-refractivity contribution in [2.45, 2.75) is 20.4 Å². The maximum atomic E-state index is 12.3. The molecule has 4 rings (SSSR count). The van der Waals surface area contributed by atoms with Crippen LogP contribution in [-0.2, 0) is 6.54 Å². The normalized spacial score (nSPS) is 15.0. The van der Waals surface area contributed by atoms with Crippen LogP contribution in [0.2, 0.25) is 0 Å². The van der Waals surface area contributed by atoms with E-state index in [1.165, 1.54) is 0 Å². The molecule has 142 valence electrons. The molecule has 0 bridgehead atoms. The van der Waals surface area contributed by atoms with E-state index in [1.54, 1.807) is 6.07 Å². The van der Waals surface area contributed by atoms with Gasteiger partial charge in [0.15, 0.2) is 0 Å². The summed E-state index contributed by atoms with van der Waals surface area (Å²) in [5.74, 6) is 1.45. The molecule has 1 aromatic carbocycles. The number of piperazine rings is 1. The first-order valence-electron chi connectivity index (χ1n) is 9.39. The molecule has 2 aromatic heterocycles. The minimum Gasteiger partial charge on any atom is -0.353 e. The SMILES string of the molecule is Cc1cc(C)c(C#N)c(N2CCN(Cc3nc4ccccc4c(=O)[nH]3)CC2)n1. The Balaban J connectivity index is 1.48. The number of aromatic nitrogens is 3. The molecule has 0 radical (unpaired) electrons. The van der Waals surface area contributed by atoms with Gasteiger partial charge in [0, 0.05) is 31.9 Å². The zero-order valence-electron chi connectivity index (χ0n) is 16.1. The van der Waals surface area contributed by atoms with Gasteiger partial charge in [-0.25, -0.2) is 9.97 Å². The number of hydrogen-bond acceptors (Lipinski definition) is 6. The van der Waals surface area contributed by atoms with Crippen molar-refractivity contribution in [3.63, 3.8) is 0 Å². The number of benzene rings is 1. The standard InChI is InChI=1S/C21H22N6O/c1-14-11-15(2)23-20(17(14)12-22)27-9-7-26(8-10-27)13-19-24-18-6-4-3-5-16(18)21(28)25-19/h3-6,11H,7-10,13H2,1-2H3,(H,24,25,28). The number of aromatic amines is 1. The molecular formula is C21H22N6O. The molecule has 0 atom stereocenters. The molecule has 3 heterocycles. The third-order valence-electron chi connectivity index (χ3n) is 5.14. The molecule has 7 nitrogen and oxygen atoms in total. The zero-order valence-corrected chi connectivity index (χ0v) is 16.1. The first kappa shape index (κ1) is 18.1. The summed E-state index contributed by atoms with van der Waals surface area (Å²) in [6, 6.07) is 11.6. The van der Waals surface area contributed by atoms with Crippen LogP contribution in [0.4, 0.5) is 5.82 Å². The number of H-pyrrole nitrogens is 1. The highest BCUT2D eigenvalue weighted by molar-refractivity contribution is 5.77. The van der Waals surface area contributed by atoms with Gasteiger partial charge in [0.25, 0.3) is 5.56 Å². The van der Waals surface area contributed by atoms with Gasteiger partial charge in [0.05, 0.1) is 23.0 Å². The van der Waals surface area contributed by atoms with Crippen LogP contribution in [0.1, 0.15) is 22.6 Å². The lowest BCUT2D eigenvalue weighted by Gasteiger charge is -2.35. The molecular weight excluding hydrogens is 352 g/mol. The van der Waals surface area contributed by atoms with Crippen molar-refractivity contribution in [2.75, 3.05) is 31.1 Å². The highest BCUT2D eigenvalue weighted by atomic mass is 16.1. The number of rotatable bonds is 3. The van der Waals surface area contributed by atoms with E-state index in [4.69, 9.17) is 0 Å². The van der Waals surface area contributed by atoms with E-state index >= 15 is 0 Å². The van der Waals surface area contributed by atoms with E-state index in [9.17, 15) is 10.1 Å². The third-order valence-corrected chi connectivity index (χ3v) is 5.14. The summed E-state index contributed by atoms with van der Waals surface area (Å²) in [6.07, 6.45) is 0. The molecule has 3 aromatic rings. The van der Waals surface area contributed by atoms with E-state index in [0.29, 0.717) is 23.3 Å². The molecule has 1 aliphatic heterocycles. The van der Waals surface area contributed by atoms with E-state index in [2.05, 4.69) is 30.8 Å². The van der Waals surface area contributed by atoms with Crippen LogP contribution in [0.25, 0.3) is 10.9 Å². The summed E-state index contributed by atoms with van der Waals surface area (Å²) >= 11 is 0. The lowest BCUT2D eigenvalue weighted by atomic mass is 10.1. The summed E-state index contributed by atoms with van der Waals surface area (Å²) in [6.45, 7) is 7.70. The van der Waals surface area contributed by atoms with Crippen molar-refractivity contribution in [3.8, 4) is 6.07 Å². The quantitative estimate of drug-likeness (QED) is 0.755. The minimum absolute atomic E-state index is 0.0997. The molecule has 7 heteroatoms. The van der Waals surface area contributed by atoms with Crippen LogP contribution in [0, 0.1) is 25.2 Å². The van der Waals surface area contributed by atoms with Crippen LogP contribution < -0.4 is 10.5 Å². The largest absolute Gasteiger partial charge is 0.353 e. The molecule has 0 saturated carbocycles. The first-order valence-corrected chi connectivity index (χ1v) is 9.39. The highest BCUT2D eigenvalue weighted by Gasteiger charge is 2.22. The number of nitrogens with zero attached hydrogens (tertiary/aromatic N) is 5. The smallest absolute Gasteiger partial charge is 0.258 e. The number of fused-ring (bicyclic) bond motifs is 1. The molecule has 28 heavy (non-hydrogen) atoms. The number of aryl methyl sites for hydroxylation is 2. The lowest BCUT2D eigenvalue weighted by molar-refractivity contribution is 0.243. The van der Waals surface area contributed by atoms with Gasteiger partial charge in [-0.2, -0.15) is 5.26 Å². The van der Waals surface area contributed by atoms with Crippen LogP contribution in [-0.4, -0.2) is 46.0 Å². The average molecular weight is 374 g/mol. The fraction of sp³-hybridized carbons (Fsp3) is 0.333. The summed E-state index contributed by atoms with van der Waals surface area (Å²) in [5, 5.41) is 10.1. The summed E-state index contributed by atoms with van der Waals surface area (Å²) in [5.41, 5.74) is 3.16. The van der Waals surface area contributed by atoms with Gasteiger partial charge >= 0.3 is 0 Å². The second kappa shape index (κ2) is 7.41. The van der Waals surface area contributed by atoms with Gasteiger partial charge in [-0.05, 0) is 37.6 Å². The van der Waals surface area contributed by atoms with Crippen molar-refractivity contribution in [3.05, 3.63) is 63.3 Å². The topological polar surface area (TPSA) is 88.9 Å². The summed E-state index contributed by atoms with van der Waals surface area (Å²) < 4.78 is 0.